The van der Waals surface area contributed by atoms with E-state index in [1.807, 2.05) is 37.3 Å². The van der Waals surface area contributed by atoms with Crippen molar-refractivity contribution in [1.82, 2.24) is 9.88 Å². The number of carbonyl (C=O) groups is 1. The number of hydrogen-bond acceptors (Lipinski definition) is 4. The molecule has 0 radical (unpaired) electrons. The summed E-state index contributed by atoms with van der Waals surface area (Å²) in [5.41, 5.74) is 1.60. The van der Waals surface area contributed by atoms with Gasteiger partial charge < -0.3 is 15.0 Å². The molecule has 5 nitrogen and oxygen atoms in total. The summed E-state index contributed by atoms with van der Waals surface area (Å²) in [7, 11) is 0. The lowest BCUT2D eigenvalue weighted by molar-refractivity contribution is 0.0302. The van der Waals surface area contributed by atoms with E-state index in [9.17, 15) is 4.79 Å². The van der Waals surface area contributed by atoms with Crippen LogP contribution in [-0.2, 0) is 4.74 Å². The maximum Gasteiger partial charge on any atom is 0.255 e. The summed E-state index contributed by atoms with van der Waals surface area (Å²) in [5, 5.41) is 4.02. The van der Waals surface area contributed by atoms with Gasteiger partial charge in [0.15, 0.2) is 0 Å². The Morgan fingerprint density at radius 2 is 2.00 bits per heavy atom. The molecule has 1 N–H and O–H groups in total. The fourth-order valence-corrected chi connectivity index (χ4v) is 2.98. The molecule has 1 amide bonds. The Kier molecular flexibility index (Phi) is 5.33. The number of rotatable bonds is 4. The van der Waals surface area contributed by atoms with Crippen LogP contribution in [0.4, 0.5) is 5.82 Å². The van der Waals surface area contributed by atoms with Crippen molar-refractivity contribution in [2.75, 3.05) is 31.6 Å². The zero-order chi connectivity index (χ0) is 16.9. The van der Waals surface area contributed by atoms with Gasteiger partial charge >= 0.3 is 0 Å². The molecule has 1 aromatic heterocycles. The molecule has 24 heavy (non-hydrogen) atoms. The number of hydrogen-bond donors (Lipinski definition) is 1. The summed E-state index contributed by atoms with van der Waals surface area (Å²) in [6.07, 6.45) is 1.61. The topological polar surface area (TPSA) is 54.5 Å². The summed E-state index contributed by atoms with van der Waals surface area (Å²) in [6.45, 7) is 4.46. The normalized spacial score (nSPS) is 15.8. The second-order valence-corrected chi connectivity index (χ2v) is 6.13. The van der Waals surface area contributed by atoms with Crippen LogP contribution in [0.2, 0.25) is 5.02 Å². The van der Waals surface area contributed by atoms with Crippen LogP contribution >= 0.6 is 11.6 Å². The van der Waals surface area contributed by atoms with Crippen LogP contribution in [0.15, 0.2) is 42.6 Å². The Hall–Kier alpha value is -2.11. The molecule has 6 heteroatoms. The van der Waals surface area contributed by atoms with Crippen molar-refractivity contribution >= 4 is 23.3 Å². The predicted octanol–water partition coefficient (Wildman–Crippen LogP) is 3.38. The van der Waals surface area contributed by atoms with Gasteiger partial charge in [-0.3, -0.25) is 4.79 Å². The molecular formula is C18H20ClN3O2. The highest BCUT2D eigenvalue weighted by atomic mass is 35.5. The minimum Gasteiger partial charge on any atom is -0.378 e. The molecule has 0 bridgehead atoms. The minimum atomic E-state index is -0.00324. The van der Waals surface area contributed by atoms with Gasteiger partial charge in [-0.1, -0.05) is 29.8 Å². The van der Waals surface area contributed by atoms with E-state index in [-0.39, 0.29) is 11.9 Å². The third-order valence-corrected chi connectivity index (χ3v) is 4.39. The van der Waals surface area contributed by atoms with Gasteiger partial charge in [-0.25, -0.2) is 4.98 Å². The van der Waals surface area contributed by atoms with E-state index in [1.54, 1.807) is 17.2 Å². The Labute approximate surface area is 146 Å². The van der Waals surface area contributed by atoms with Gasteiger partial charge in [0.05, 0.1) is 24.8 Å². The van der Waals surface area contributed by atoms with Gasteiger partial charge in [0.2, 0.25) is 0 Å². The van der Waals surface area contributed by atoms with E-state index in [0.717, 1.165) is 10.6 Å². The van der Waals surface area contributed by atoms with Crippen LogP contribution in [0.5, 0.6) is 0 Å². The van der Waals surface area contributed by atoms with Crippen molar-refractivity contribution in [2.24, 2.45) is 0 Å². The highest BCUT2D eigenvalue weighted by Crippen LogP contribution is 2.25. The maximum absolute atomic E-state index is 12.4. The monoisotopic (exact) mass is 345 g/mol. The smallest absolute Gasteiger partial charge is 0.255 e. The van der Waals surface area contributed by atoms with Crippen molar-refractivity contribution in [3.05, 3.63) is 58.7 Å². The third kappa shape index (κ3) is 3.86. The molecule has 2 heterocycles. The first-order valence-electron chi connectivity index (χ1n) is 7.99. The van der Waals surface area contributed by atoms with Gasteiger partial charge in [0.25, 0.3) is 5.91 Å². The van der Waals surface area contributed by atoms with Crippen LogP contribution in [0.3, 0.4) is 0 Å². The molecule has 1 atom stereocenters. The molecule has 1 unspecified atom stereocenters. The van der Waals surface area contributed by atoms with Crippen LogP contribution in [0.1, 0.15) is 28.9 Å². The van der Waals surface area contributed by atoms with E-state index < -0.39 is 0 Å². The van der Waals surface area contributed by atoms with Crippen LogP contribution in [0.25, 0.3) is 0 Å². The lowest BCUT2D eigenvalue weighted by Crippen LogP contribution is -2.40. The zero-order valence-electron chi connectivity index (χ0n) is 13.5. The highest BCUT2D eigenvalue weighted by molar-refractivity contribution is 6.31. The first kappa shape index (κ1) is 16.7. The van der Waals surface area contributed by atoms with E-state index in [4.69, 9.17) is 16.3 Å². The molecule has 126 valence electrons. The number of halogens is 1. The zero-order valence-corrected chi connectivity index (χ0v) is 14.3. The number of aromatic nitrogens is 1. The number of anilines is 1. The molecule has 0 spiro atoms. The molecule has 1 saturated heterocycles. The second kappa shape index (κ2) is 7.64. The van der Waals surface area contributed by atoms with Crippen molar-refractivity contribution in [2.45, 2.75) is 13.0 Å². The average molecular weight is 346 g/mol. The van der Waals surface area contributed by atoms with Gasteiger partial charge in [0.1, 0.15) is 5.82 Å². The highest BCUT2D eigenvalue weighted by Gasteiger charge is 2.18. The van der Waals surface area contributed by atoms with E-state index in [1.165, 1.54) is 0 Å². The molecule has 3 rings (SSSR count). The summed E-state index contributed by atoms with van der Waals surface area (Å²) in [6, 6.07) is 11.3. The van der Waals surface area contributed by atoms with E-state index in [0.29, 0.717) is 37.7 Å². The van der Waals surface area contributed by atoms with Gasteiger partial charge in [-0.2, -0.15) is 0 Å². The van der Waals surface area contributed by atoms with Crippen molar-refractivity contribution in [1.29, 1.82) is 0 Å². The Bertz CT molecular complexity index is 700. The fourth-order valence-electron chi connectivity index (χ4n) is 2.68. The van der Waals surface area contributed by atoms with Crippen LogP contribution in [-0.4, -0.2) is 42.1 Å². The molecular weight excluding hydrogens is 326 g/mol. The molecule has 1 aliphatic heterocycles. The number of ether oxygens (including phenoxy) is 1. The van der Waals surface area contributed by atoms with Crippen molar-refractivity contribution in [3.63, 3.8) is 0 Å². The minimum absolute atomic E-state index is 0.00324. The molecule has 1 fully saturated rings. The Morgan fingerprint density at radius 3 is 2.67 bits per heavy atom. The van der Waals surface area contributed by atoms with Crippen LogP contribution in [0, 0.1) is 0 Å². The summed E-state index contributed by atoms with van der Waals surface area (Å²) in [5.74, 6) is 0.706. The Balaban J connectivity index is 1.66. The molecule has 2 aromatic rings. The maximum atomic E-state index is 12.4. The molecule has 0 saturated carbocycles. The first-order chi connectivity index (χ1) is 11.6. The van der Waals surface area contributed by atoms with Crippen molar-refractivity contribution < 1.29 is 9.53 Å². The number of nitrogens with one attached hydrogen (secondary N) is 1. The van der Waals surface area contributed by atoms with Gasteiger partial charge in [0, 0.05) is 24.3 Å². The average Bonchev–Trinajstić information content (AvgIpc) is 2.63. The Morgan fingerprint density at radius 1 is 1.25 bits per heavy atom. The summed E-state index contributed by atoms with van der Waals surface area (Å²) in [4.78, 5) is 18.5. The quantitative estimate of drug-likeness (QED) is 0.923. The van der Waals surface area contributed by atoms with Gasteiger partial charge in [-0.05, 0) is 30.7 Å². The lowest BCUT2D eigenvalue weighted by Gasteiger charge is -2.26. The summed E-state index contributed by atoms with van der Waals surface area (Å²) < 4.78 is 5.27. The number of pyridine rings is 1. The second-order valence-electron chi connectivity index (χ2n) is 5.72. The predicted molar refractivity (Wildman–Crippen MR) is 94.4 cm³/mol. The molecule has 1 aliphatic rings. The van der Waals surface area contributed by atoms with Crippen molar-refractivity contribution in [3.8, 4) is 0 Å². The number of nitrogens with zero attached hydrogens (tertiary/aromatic N) is 2. The number of morpholine rings is 1. The SMILES string of the molecule is CC(Nc1ccc(C(=O)N2CCOCC2)cn1)c1ccccc1Cl. The number of carbonyl (C=O) groups excluding carboxylic acids is 1. The fraction of sp³-hybridized carbons (Fsp3) is 0.333. The molecule has 1 aromatic carbocycles. The van der Waals surface area contributed by atoms with Crippen LogP contribution < -0.4 is 5.32 Å². The largest absolute Gasteiger partial charge is 0.378 e. The standard InChI is InChI=1S/C18H20ClN3O2/c1-13(15-4-2-3-5-16(15)19)21-17-7-6-14(12-20-17)18(23)22-8-10-24-11-9-22/h2-7,12-13H,8-11H2,1H3,(H,20,21). The van der Waals surface area contributed by atoms with Gasteiger partial charge in [-0.15, -0.1) is 0 Å². The first-order valence-corrected chi connectivity index (χ1v) is 8.37. The third-order valence-electron chi connectivity index (χ3n) is 4.04. The lowest BCUT2D eigenvalue weighted by atomic mass is 10.1. The molecule has 0 aliphatic carbocycles. The summed E-state index contributed by atoms with van der Waals surface area (Å²) >= 11 is 6.22. The van der Waals surface area contributed by atoms with E-state index in [2.05, 4.69) is 10.3 Å². The van der Waals surface area contributed by atoms with E-state index >= 15 is 0 Å². The number of benzene rings is 1. The number of amides is 1.